The molecule has 0 atom stereocenters. The maximum atomic E-state index is 5.05. The Bertz CT molecular complexity index is 1010. The summed E-state index contributed by atoms with van der Waals surface area (Å²) in [6.45, 7) is 2.09. The lowest BCUT2D eigenvalue weighted by Gasteiger charge is -2.22. The van der Waals surface area contributed by atoms with Crippen LogP contribution in [0, 0.1) is 6.92 Å². The molecule has 0 radical (unpaired) electrons. The van der Waals surface area contributed by atoms with E-state index in [4.69, 9.17) is 4.99 Å². The van der Waals surface area contributed by atoms with E-state index in [1.165, 1.54) is 16.7 Å². The molecule has 4 rings (SSSR count). The molecule has 0 amide bonds. The van der Waals surface area contributed by atoms with Crippen LogP contribution in [-0.4, -0.2) is 5.84 Å². The van der Waals surface area contributed by atoms with Crippen molar-refractivity contribution < 1.29 is 0 Å². The SMILES string of the molecule is Cc1ccc(N=C(Nc2ccccc2)C(c2ccccc2)c2ccccc2)cc1. The van der Waals surface area contributed by atoms with E-state index in [1.54, 1.807) is 0 Å². The Labute approximate surface area is 172 Å². The summed E-state index contributed by atoms with van der Waals surface area (Å²) in [5.74, 6) is 0.899. The van der Waals surface area contributed by atoms with E-state index in [0.717, 1.165) is 17.2 Å². The molecule has 2 nitrogen and oxygen atoms in total. The van der Waals surface area contributed by atoms with Gasteiger partial charge in [0.1, 0.15) is 5.84 Å². The van der Waals surface area contributed by atoms with E-state index < -0.39 is 0 Å². The molecule has 0 aliphatic rings. The summed E-state index contributed by atoms with van der Waals surface area (Å²) in [6, 6.07) is 39.6. The number of hydrogen-bond acceptors (Lipinski definition) is 1. The molecule has 29 heavy (non-hydrogen) atoms. The molecular formula is C27H24N2. The average molecular weight is 377 g/mol. The number of nitrogens with zero attached hydrogens (tertiary/aromatic N) is 1. The molecule has 0 spiro atoms. The molecule has 0 saturated carbocycles. The summed E-state index contributed by atoms with van der Waals surface area (Å²) in [4.78, 5) is 5.05. The van der Waals surface area contributed by atoms with Gasteiger partial charge in [-0.25, -0.2) is 4.99 Å². The molecule has 0 unspecified atom stereocenters. The van der Waals surface area contributed by atoms with Crippen LogP contribution in [0.4, 0.5) is 11.4 Å². The normalized spacial score (nSPS) is 11.4. The van der Waals surface area contributed by atoms with Crippen LogP contribution in [0.5, 0.6) is 0 Å². The number of aryl methyl sites for hydroxylation is 1. The fourth-order valence-electron chi connectivity index (χ4n) is 3.39. The fourth-order valence-corrected chi connectivity index (χ4v) is 3.39. The van der Waals surface area contributed by atoms with Crippen LogP contribution in [0.2, 0.25) is 0 Å². The van der Waals surface area contributed by atoms with Gasteiger partial charge in [-0.1, -0.05) is 96.6 Å². The monoisotopic (exact) mass is 376 g/mol. The van der Waals surface area contributed by atoms with Crippen LogP contribution < -0.4 is 5.32 Å². The van der Waals surface area contributed by atoms with Crippen LogP contribution in [0.3, 0.4) is 0 Å². The van der Waals surface area contributed by atoms with Crippen molar-refractivity contribution in [1.29, 1.82) is 0 Å². The van der Waals surface area contributed by atoms with E-state index in [1.807, 2.05) is 30.3 Å². The highest BCUT2D eigenvalue weighted by atomic mass is 15.0. The minimum atomic E-state index is -0.00101. The Balaban J connectivity index is 1.84. The van der Waals surface area contributed by atoms with Crippen molar-refractivity contribution in [3.63, 3.8) is 0 Å². The summed E-state index contributed by atoms with van der Waals surface area (Å²) in [7, 11) is 0. The fraction of sp³-hybridized carbons (Fsp3) is 0.0741. The zero-order valence-corrected chi connectivity index (χ0v) is 16.5. The summed E-state index contributed by atoms with van der Waals surface area (Å²) in [5, 5.41) is 3.59. The van der Waals surface area contributed by atoms with E-state index in [9.17, 15) is 0 Å². The van der Waals surface area contributed by atoms with Gasteiger partial charge >= 0.3 is 0 Å². The van der Waals surface area contributed by atoms with Crippen LogP contribution in [0.15, 0.2) is 120 Å². The van der Waals surface area contributed by atoms with Crippen LogP contribution >= 0.6 is 0 Å². The van der Waals surface area contributed by atoms with Crippen molar-refractivity contribution >= 4 is 17.2 Å². The van der Waals surface area contributed by atoms with Crippen molar-refractivity contribution in [2.24, 2.45) is 4.99 Å². The summed E-state index contributed by atoms with van der Waals surface area (Å²) in [6.07, 6.45) is 0. The zero-order chi connectivity index (χ0) is 19.9. The number of rotatable bonds is 5. The highest BCUT2D eigenvalue weighted by Crippen LogP contribution is 2.29. The van der Waals surface area contributed by atoms with Crippen LogP contribution in [-0.2, 0) is 0 Å². The minimum absolute atomic E-state index is 0.00101. The smallest absolute Gasteiger partial charge is 0.119 e. The molecule has 4 aromatic rings. The first kappa shape index (κ1) is 18.7. The van der Waals surface area contributed by atoms with Crippen molar-refractivity contribution in [3.05, 3.63) is 132 Å². The van der Waals surface area contributed by atoms with Gasteiger partial charge in [-0.3, -0.25) is 0 Å². The van der Waals surface area contributed by atoms with Crippen LogP contribution in [0.25, 0.3) is 0 Å². The maximum absolute atomic E-state index is 5.05. The molecule has 2 heteroatoms. The second kappa shape index (κ2) is 9.03. The quantitative estimate of drug-likeness (QED) is 0.295. The Morgan fingerprint density at radius 2 is 1.10 bits per heavy atom. The molecule has 0 aliphatic heterocycles. The highest BCUT2D eigenvalue weighted by molar-refractivity contribution is 6.03. The van der Waals surface area contributed by atoms with Gasteiger partial charge in [-0.2, -0.15) is 0 Å². The maximum Gasteiger partial charge on any atom is 0.119 e. The third-order valence-corrected chi connectivity index (χ3v) is 4.87. The van der Waals surface area contributed by atoms with Gasteiger partial charge in [-0.15, -0.1) is 0 Å². The predicted octanol–water partition coefficient (Wildman–Crippen LogP) is 6.97. The van der Waals surface area contributed by atoms with Gasteiger partial charge in [0.25, 0.3) is 0 Å². The molecule has 0 saturated heterocycles. The highest BCUT2D eigenvalue weighted by Gasteiger charge is 2.21. The van der Waals surface area contributed by atoms with E-state index in [0.29, 0.717) is 0 Å². The van der Waals surface area contributed by atoms with E-state index >= 15 is 0 Å². The first-order chi connectivity index (χ1) is 14.3. The Kier molecular flexibility index (Phi) is 5.82. The largest absolute Gasteiger partial charge is 0.343 e. The Morgan fingerprint density at radius 3 is 1.62 bits per heavy atom. The number of anilines is 1. The molecule has 0 aromatic heterocycles. The number of amidine groups is 1. The molecule has 1 N–H and O–H groups in total. The molecule has 142 valence electrons. The molecule has 0 heterocycles. The zero-order valence-electron chi connectivity index (χ0n) is 16.5. The van der Waals surface area contributed by atoms with Gasteiger partial charge < -0.3 is 5.32 Å². The van der Waals surface area contributed by atoms with E-state index in [-0.39, 0.29) is 5.92 Å². The molecule has 0 fully saturated rings. The topological polar surface area (TPSA) is 24.4 Å². The average Bonchev–Trinajstić information content (AvgIpc) is 2.78. The number of aliphatic imine (C=N–C) groups is 1. The lowest BCUT2D eigenvalue weighted by Crippen LogP contribution is -2.22. The van der Waals surface area contributed by atoms with Gasteiger partial charge in [0.2, 0.25) is 0 Å². The number of benzene rings is 4. The van der Waals surface area contributed by atoms with Crippen molar-refractivity contribution in [1.82, 2.24) is 0 Å². The summed E-state index contributed by atoms with van der Waals surface area (Å²) < 4.78 is 0. The molecule has 0 bridgehead atoms. The van der Waals surface area contributed by atoms with Gasteiger partial charge in [0.15, 0.2) is 0 Å². The van der Waals surface area contributed by atoms with Gasteiger partial charge in [0.05, 0.1) is 11.6 Å². The Morgan fingerprint density at radius 1 is 0.621 bits per heavy atom. The predicted molar refractivity (Wildman–Crippen MR) is 123 cm³/mol. The van der Waals surface area contributed by atoms with Crippen molar-refractivity contribution in [3.8, 4) is 0 Å². The number of para-hydroxylation sites is 1. The third-order valence-electron chi connectivity index (χ3n) is 4.87. The minimum Gasteiger partial charge on any atom is -0.343 e. The summed E-state index contributed by atoms with van der Waals surface area (Å²) in [5.41, 5.74) is 5.59. The lowest BCUT2D eigenvalue weighted by atomic mass is 9.90. The third kappa shape index (κ3) is 4.80. The van der Waals surface area contributed by atoms with Gasteiger partial charge in [-0.05, 0) is 42.3 Å². The molecular weight excluding hydrogens is 352 g/mol. The number of hydrogen-bond donors (Lipinski definition) is 1. The second-order valence-electron chi connectivity index (χ2n) is 7.08. The summed E-state index contributed by atoms with van der Waals surface area (Å²) >= 11 is 0. The first-order valence-corrected chi connectivity index (χ1v) is 9.87. The second-order valence-corrected chi connectivity index (χ2v) is 7.08. The van der Waals surface area contributed by atoms with Crippen molar-refractivity contribution in [2.75, 3.05) is 5.32 Å². The number of nitrogens with one attached hydrogen (secondary N) is 1. The Hall–Kier alpha value is -3.65. The van der Waals surface area contributed by atoms with E-state index in [2.05, 4.69) is 97.2 Å². The molecule has 4 aromatic carbocycles. The van der Waals surface area contributed by atoms with Crippen LogP contribution in [0.1, 0.15) is 22.6 Å². The standard InChI is InChI=1S/C27H24N2/c1-21-17-19-25(20-18-21)29-27(28-24-15-9-4-10-16-24)26(22-11-5-2-6-12-22)23-13-7-3-8-14-23/h2-20,26H,1H3,(H,28,29). The first-order valence-electron chi connectivity index (χ1n) is 9.87. The lowest BCUT2D eigenvalue weighted by molar-refractivity contribution is 1.07. The van der Waals surface area contributed by atoms with Gasteiger partial charge in [0, 0.05) is 5.69 Å². The molecule has 0 aliphatic carbocycles. The van der Waals surface area contributed by atoms with Crippen molar-refractivity contribution in [2.45, 2.75) is 12.8 Å².